The summed E-state index contributed by atoms with van der Waals surface area (Å²) >= 11 is 6.26. The third-order valence-corrected chi connectivity index (χ3v) is 5.78. The van der Waals surface area contributed by atoms with Gasteiger partial charge in [-0.05, 0) is 29.3 Å². The second kappa shape index (κ2) is 7.59. The topological polar surface area (TPSA) is 54.5 Å². The summed E-state index contributed by atoms with van der Waals surface area (Å²) in [5, 5.41) is 2.60. The minimum atomic E-state index is 0.178. The van der Waals surface area contributed by atoms with E-state index >= 15 is 0 Å². The minimum Gasteiger partial charge on any atom is -0.354 e. The summed E-state index contributed by atoms with van der Waals surface area (Å²) < 4.78 is 0. The van der Waals surface area contributed by atoms with Crippen LogP contribution in [0.2, 0.25) is 5.28 Å². The van der Waals surface area contributed by atoms with Gasteiger partial charge >= 0.3 is 0 Å². The third kappa shape index (κ3) is 3.22. The quantitative estimate of drug-likeness (QED) is 0.322. The molecular weight excluding hydrogens is 416 g/mol. The maximum atomic E-state index is 6.26. The molecule has 0 spiro atoms. The molecule has 2 aromatic heterocycles. The number of fused-ring (bicyclic) bond motifs is 3. The third-order valence-electron chi connectivity index (χ3n) is 5.61. The first-order chi connectivity index (χ1) is 15.8. The van der Waals surface area contributed by atoms with Crippen LogP contribution < -0.4 is 0 Å². The molecule has 0 bridgehead atoms. The molecule has 0 fully saturated rings. The fraction of sp³-hybridized carbons (Fsp3) is 0. The molecule has 152 valence electrons. The van der Waals surface area contributed by atoms with Crippen molar-refractivity contribution >= 4 is 33.4 Å². The van der Waals surface area contributed by atoms with Crippen LogP contribution >= 0.6 is 11.6 Å². The first-order valence-electron chi connectivity index (χ1n) is 10.3. The summed E-state index contributed by atoms with van der Waals surface area (Å²) in [5.41, 5.74) is 6.24. The Kier molecular flexibility index (Phi) is 4.44. The van der Waals surface area contributed by atoms with Gasteiger partial charge in [0.25, 0.3) is 0 Å². The average Bonchev–Trinajstić information content (AvgIpc) is 3.23. The van der Waals surface area contributed by atoms with E-state index in [1.165, 1.54) is 10.8 Å². The normalized spacial score (nSPS) is 11.3. The Bertz CT molecular complexity index is 1590. The molecule has 6 aromatic rings. The fourth-order valence-corrected chi connectivity index (χ4v) is 4.30. The number of halogens is 1. The van der Waals surface area contributed by atoms with Crippen LogP contribution in [0.25, 0.3) is 55.7 Å². The van der Waals surface area contributed by atoms with Gasteiger partial charge in [0, 0.05) is 33.0 Å². The van der Waals surface area contributed by atoms with Crippen molar-refractivity contribution in [3.63, 3.8) is 0 Å². The van der Waals surface area contributed by atoms with E-state index in [0.29, 0.717) is 11.6 Å². The van der Waals surface area contributed by atoms with E-state index in [4.69, 9.17) is 16.6 Å². The van der Waals surface area contributed by atoms with E-state index in [1.807, 2.05) is 48.5 Å². The number of nitrogens with zero attached hydrogens (tertiary/aromatic N) is 3. The van der Waals surface area contributed by atoms with Gasteiger partial charge in [0.1, 0.15) is 0 Å². The van der Waals surface area contributed by atoms with Gasteiger partial charge in [-0.2, -0.15) is 9.97 Å². The van der Waals surface area contributed by atoms with Crippen LogP contribution in [0, 0.1) is 0 Å². The molecule has 4 aromatic carbocycles. The maximum absolute atomic E-state index is 6.26. The standard InChI is InChI=1S/C27H17ClN4/c28-27-31-25(17-8-2-1-3-9-17)30-26(32-27)19-11-6-10-18(16-19)20-13-7-14-22-21-12-4-5-15-23(21)29-24(20)22/h1-16,29H. The smallest absolute Gasteiger partial charge is 0.226 e. The van der Waals surface area contributed by atoms with E-state index in [0.717, 1.165) is 33.3 Å². The maximum Gasteiger partial charge on any atom is 0.226 e. The van der Waals surface area contributed by atoms with E-state index in [1.54, 1.807) is 0 Å². The number of para-hydroxylation sites is 2. The van der Waals surface area contributed by atoms with Crippen molar-refractivity contribution in [2.24, 2.45) is 0 Å². The number of benzene rings is 4. The zero-order valence-corrected chi connectivity index (χ0v) is 17.7. The Labute approximate surface area is 189 Å². The molecule has 0 aliphatic heterocycles. The van der Waals surface area contributed by atoms with Gasteiger partial charge in [0.15, 0.2) is 11.6 Å². The van der Waals surface area contributed by atoms with Gasteiger partial charge in [-0.3, -0.25) is 0 Å². The first-order valence-corrected chi connectivity index (χ1v) is 10.7. The molecule has 0 amide bonds. The number of aromatic nitrogens is 4. The van der Waals surface area contributed by atoms with Crippen molar-refractivity contribution in [3.8, 4) is 33.9 Å². The molecule has 0 radical (unpaired) electrons. The van der Waals surface area contributed by atoms with Gasteiger partial charge in [-0.1, -0.05) is 84.9 Å². The van der Waals surface area contributed by atoms with Gasteiger partial charge in [-0.15, -0.1) is 0 Å². The van der Waals surface area contributed by atoms with Crippen LogP contribution in [-0.4, -0.2) is 19.9 Å². The molecular formula is C27H17ClN4. The number of hydrogen-bond donors (Lipinski definition) is 1. The lowest BCUT2D eigenvalue weighted by Crippen LogP contribution is -1.97. The van der Waals surface area contributed by atoms with Crippen LogP contribution in [0.5, 0.6) is 0 Å². The summed E-state index contributed by atoms with van der Waals surface area (Å²) in [6, 6.07) is 32.7. The second-order valence-electron chi connectivity index (χ2n) is 7.60. The zero-order chi connectivity index (χ0) is 21.5. The van der Waals surface area contributed by atoms with E-state index in [-0.39, 0.29) is 5.28 Å². The van der Waals surface area contributed by atoms with Crippen molar-refractivity contribution in [2.45, 2.75) is 0 Å². The zero-order valence-electron chi connectivity index (χ0n) is 17.0. The number of aromatic amines is 1. The Balaban J connectivity index is 1.50. The van der Waals surface area contributed by atoms with E-state index < -0.39 is 0 Å². The molecule has 5 heteroatoms. The van der Waals surface area contributed by atoms with Crippen LogP contribution in [0.4, 0.5) is 0 Å². The van der Waals surface area contributed by atoms with Crippen LogP contribution in [0.15, 0.2) is 97.1 Å². The highest BCUT2D eigenvalue weighted by Crippen LogP contribution is 2.34. The summed E-state index contributed by atoms with van der Waals surface area (Å²) in [7, 11) is 0. The predicted octanol–water partition coefficient (Wildman–Crippen LogP) is 7.16. The molecule has 0 aliphatic rings. The van der Waals surface area contributed by atoms with Gasteiger partial charge in [-0.25, -0.2) is 4.98 Å². The molecule has 0 atom stereocenters. The lowest BCUT2D eigenvalue weighted by Gasteiger charge is -2.08. The molecule has 0 aliphatic carbocycles. The Morgan fingerprint density at radius 2 is 1.22 bits per heavy atom. The molecule has 32 heavy (non-hydrogen) atoms. The number of rotatable bonds is 3. The monoisotopic (exact) mass is 432 g/mol. The lowest BCUT2D eigenvalue weighted by molar-refractivity contribution is 1.07. The van der Waals surface area contributed by atoms with Crippen molar-refractivity contribution < 1.29 is 0 Å². The summed E-state index contributed by atoms with van der Waals surface area (Å²) in [6.45, 7) is 0. The van der Waals surface area contributed by atoms with Gasteiger partial charge in [0.2, 0.25) is 5.28 Å². The highest BCUT2D eigenvalue weighted by atomic mass is 35.5. The van der Waals surface area contributed by atoms with E-state index in [9.17, 15) is 0 Å². The average molecular weight is 433 g/mol. The molecule has 0 saturated heterocycles. The highest BCUT2D eigenvalue weighted by molar-refractivity contribution is 6.28. The predicted molar refractivity (Wildman–Crippen MR) is 131 cm³/mol. The summed E-state index contributed by atoms with van der Waals surface area (Å²) in [5.74, 6) is 1.11. The largest absolute Gasteiger partial charge is 0.354 e. The molecule has 1 N–H and O–H groups in total. The van der Waals surface area contributed by atoms with E-state index in [2.05, 4.69) is 63.5 Å². The van der Waals surface area contributed by atoms with Crippen LogP contribution in [0.1, 0.15) is 0 Å². The lowest BCUT2D eigenvalue weighted by atomic mass is 10.00. The molecule has 6 rings (SSSR count). The van der Waals surface area contributed by atoms with Crippen molar-refractivity contribution in [3.05, 3.63) is 102 Å². The molecule has 2 heterocycles. The molecule has 4 nitrogen and oxygen atoms in total. The van der Waals surface area contributed by atoms with Crippen LogP contribution in [0.3, 0.4) is 0 Å². The Morgan fingerprint density at radius 1 is 0.562 bits per heavy atom. The second-order valence-corrected chi connectivity index (χ2v) is 7.94. The van der Waals surface area contributed by atoms with Crippen molar-refractivity contribution in [2.75, 3.05) is 0 Å². The Morgan fingerprint density at radius 3 is 2.09 bits per heavy atom. The first kappa shape index (κ1) is 18.7. The van der Waals surface area contributed by atoms with Crippen molar-refractivity contribution in [1.82, 2.24) is 19.9 Å². The summed E-state index contributed by atoms with van der Waals surface area (Å²) in [4.78, 5) is 17.0. The highest BCUT2D eigenvalue weighted by Gasteiger charge is 2.13. The SMILES string of the molecule is Clc1nc(-c2ccccc2)nc(-c2cccc(-c3cccc4c3[nH]c3ccccc34)c2)n1. The molecule has 0 unspecified atom stereocenters. The number of hydrogen-bond acceptors (Lipinski definition) is 3. The summed E-state index contributed by atoms with van der Waals surface area (Å²) in [6.07, 6.45) is 0. The fourth-order valence-electron chi connectivity index (χ4n) is 4.13. The van der Waals surface area contributed by atoms with Crippen molar-refractivity contribution in [1.29, 1.82) is 0 Å². The number of nitrogens with one attached hydrogen (secondary N) is 1. The van der Waals surface area contributed by atoms with Gasteiger partial charge in [0.05, 0.1) is 5.52 Å². The Hall–Kier alpha value is -4.02. The molecule has 0 saturated carbocycles. The number of H-pyrrole nitrogens is 1. The van der Waals surface area contributed by atoms with Crippen LogP contribution in [-0.2, 0) is 0 Å². The van der Waals surface area contributed by atoms with Gasteiger partial charge < -0.3 is 4.98 Å². The minimum absolute atomic E-state index is 0.178.